The van der Waals surface area contributed by atoms with Crippen molar-refractivity contribution in [3.8, 4) is 11.1 Å². The SMILES string of the molecule is CC(C)(C)c1ccc(N(c2cccc(Br)c2)c2ccccc2-c2ccccc2)cc1. The van der Waals surface area contributed by atoms with Gasteiger partial charge in [-0.3, -0.25) is 0 Å². The highest BCUT2D eigenvalue weighted by Gasteiger charge is 2.19. The van der Waals surface area contributed by atoms with Gasteiger partial charge in [0.1, 0.15) is 0 Å². The van der Waals surface area contributed by atoms with Crippen LogP contribution in [0, 0.1) is 0 Å². The predicted molar refractivity (Wildman–Crippen MR) is 133 cm³/mol. The van der Waals surface area contributed by atoms with E-state index in [-0.39, 0.29) is 5.41 Å². The van der Waals surface area contributed by atoms with Crippen molar-refractivity contribution in [2.75, 3.05) is 4.90 Å². The second-order valence-corrected chi connectivity index (χ2v) is 9.41. The molecular formula is C28H26BrN. The van der Waals surface area contributed by atoms with E-state index >= 15 is 0 Å². The third-order valence-corrected chi connectivity index (χ3v) is 5.78. The summed E-state index contributed by atoms with van der Waals surface area (Å²) in [7, 11) is 0. The van der Waals surface area contributed by atoms with Crippen LogP contribution in [0.2, 0.25) is 0 Å². The lowest BCUT2D eigenvalue weighted by Gasteiger charge is -2.29. The summed E-state index contributed by atoms with van der Waals surface area (Å²) in [6.07, 6.45) is 0. The molecule has 150 valence electrons. The fraction of sp³-hybridized carbons (Fsp3) is 0.143. The molecule has 0 radical (unpaired) electrons. The van der Waals surface area contributed by atoms with E-state index in [1.54, 1.807) is 0 Å². The third kappa shape index (κ3) is 4.34. The van der Waals surface area contributed by atoms with Crippen molar-refractivity contribution in [2.45, 2.75) is 26.2 Å². The number of anilines is 3. The molecule has 0 atom stereocenters. The number of hydrogen-bond acceptors (Lipinski definition) is 1. The van der Waals surface area contributed by atoms with E-state index in [9.17, 15) is 0 Å². The van der Waals surface area contributed by atoms with Crippen molar-refractivity contribution in [3.63, 3.8) is 0 Å². The maximum Gasteiger partial charge on any atom is 0.0540 e. The Balaban J connectivity index is 1.90. The highest BCUT2D eigenvalue weighted by atomic mass is 79.9. The zero-order chi connectivity index (χ0) is 21.1. The summed E-state index contributed by atoms with van der Waals surface area (Å²) in [6, 6.07) is 36.6. The molecule has 1 nitrogen and oxygen atoms in total. The normalized spacial score (nSPS) is 11.3. The van der Waals surface area contributed by atoms with Crippen molar-refractivity contribution >= 4 is 33.0 Å². The average molecular weight is 456 g/mol. The maximum atomic E-state index is 3.65. The molecule has 0 aromatic heterocycles. The quantitative estimate of drug-likeness (QED) is 0.296. The highest BCUT2D eigenvalue weighted by Crippen LogP contribution is 2.41. The molecule has 2 heteroatoms. The lowest BCUT2D eigenvalue weighted by atomic mass is 9.87. The zero-order valence-electron chi connectivity index (χ0n) is 17.6. The molecule has 0 amide bonds. The lowest BCUT2D eigenvalue weighted by molar-refractivity contribution is 0.590. The van der Waals surface area contributed by atoms with E-state index in [0.717, 1.165) is 21.5 Å². The molecule has 30 heavy (non-hydrogen) atoms. The van der Waals surface area contributed by atoms with Crippen LogP contribution in [-0.4, -0.2) is 0 Å². The molecule has 4 rings (SSSR count). The second kappa shape index (κ2) is 8.49. The van der Waals surface area contributed by atoms with E-state index in [2.05, 4.69) is 145 Å². The molecule has 0 fully saturated rings. The van der Waals surface area contributed by atoms with Crippen LogP contribution in [0.15, 0.2) is 108 Å². The summed E-state index contributed by atoms with van der Waals surface area (Å²) >= 11 is 3.65. The van der Waals surface area contributed by atoms with Crippen LogP contribution < -0.4 is 4.90 Å². The first-order chi connectivity index (χ1) is 14.4. The molecule has 0 aliphatic carbocycles. The molecule has 0 N–H and O–H groups in total. The number of nitrogens with zero attached hydrogens (tertiary/aromatic N) is 1. The van der Waals surface area contributed by atoms with Crippen molar-refractivity contribution < 1.29 is 0 Å². The van der Waals surface area contributed by atoms with Gasteiger partial charge in [0.2, 0.25) is 0 Å². The Morgan fingerprint density at radius 3 is 1.97 bits per heavy atom. The molecule has 0 aliphatic rings. The minimum atomic E-state index is 0.126. The largest absolute Gasteiger partial charge is 0.310 e. The van der Waals surface area contributed by atoms with E-state index in [1.807, 2.05) is 0 Å². The van der Waals surface area contributed by atoms with Crippen LogP contribution in [-0.2, 0) is 5.41 Å². The smallest absolute Gasteiger partial charge is 0.0540 e. The summed E-state index contributed by atoms with van der Waals surface area (Å²) < 4.78 is 1.06. The van der Waals surface area contributed by atoms with Gasteiger partial charge >= 0.3 is 0 Å². The van der Waals surface area contributed by atoms with E-state index in [0.29, 0.717) is 0 Å². The Bertz CT molecular complexity index is 1130. The van der Waals surface area contributed by atoms with Crippen molar-refractivity contribution in [3.05, 3.63) is 113 Å². The summed E-state index contributed by atoms with van der Waals surface area (Å²) in [4.78, 5) is 2.33. The van der Waals surface area contributed by atoms with Crippen LogP contribution in [0.1, 0.15) is 26.3 Å². The molecule has 0 saturated heterocycles. The monoisotopic (exact) mass is 455 g/mol. The average Bonchev–Trinajstić information content (AvgIpc) is 2.75. The fourth-order valence-electron chi connectivity index (χ4n) is 3.68. The Kier molecular flexibility index (Phi) is 5.78. The topological polar surface area (TPSA) is 3.24 Å². The molecule has 4 aromatic carbocycles. The Morgan fingerprint density at radius 2 is 1.30 bits per heavy atom. The molecule has 0 bridgehead atoms. The van der Waals surface area contributed by atoms with Gasteiger partial charge in [-0.2, -0.15) is 0 Å². The van der Waals surface area contributed by atoms with Gasteiger partial charge in [0.15, 0.2) is 0 Å². The Hall–Kier alpha value is -2.84. The molecule has 0 saturated carbocycles. The Morgan fingerprint density at radius 1 is 0.633 bits per heavy atom. The van der Waals surface area contributed by atoms with Gasteiger partial charge in [-0.1, -0.05) is 103 Å². The first kappa shape index (κ1) is 20.4. The molecule has 0 heterocycles. The minimum absolute atomic E-state index is 0.126. The van der Waals surface area contributed by atoms with Gasteiger partial charge in [0.25, 0.3) is 0 Å². The number of hydrogen-bond donors (Lipinski definition) is 0. The van der Waals surface area contributed by atoms with Crippen LogP contribution in [0.25, 0.3) is 11.1 Å². The van der Waals surface area contributed by atoms with E-state index < -0.39 is 0 Å². The summed E-state index contributed by atoms with van der Waals surface area (Å²) in [5, 5.41) is 0. The molecule has 0 spiro atoms. The van der Waals surface area contributed by atoms with Gasteiger partial charge in [-0.25, -0.2) is 0 Å². The number of halogens is 1. The summed E-state index contributed by atoms with van der Waals surface area (Å²) in [6.45, 7) is 6.75. The molecular weight excluding hydrogens is 430 g/mol. The standard InChI is InChI=1S/C28H26BrN/c1-28(2,3)22-16-18-24(19-17-22)30(25-13-9-12-23(29)20-25)27-15-8-7-14-26(27)21-10-5-4-6-11-21/h4-20H,1-3H3. The fourth-order valence-corrected chi connectivity index (χ4v) is 4.07. The molecule has 0 aliphatic heterocycles. The number of benzene rings is 4. The Labute approximate surface area is 188 Å². The predicted octanol–water partition coefficient (Wildman–Crippen LogP) is 8.88. The van der Waals surface area contributed by atoms with Crippen LogP contribution >= 0.6 is 15.9 Å². The molecule has 4 aromatic rings. The van der Waals surface area contributed by atoms with Crippen molar-refractivity contribution in [2.24, 2.45) is 0 Å². The van der Waals surface area contributed by atoms with Gasteiger partial charge in [0.05, 0.1) is 5.69 Å². The van der Waals surface area contributed by atoms with Gasteiger partial charge in [0, 0.05) is 21.4 Å². The van der Waals surface area contributed by atoms with Crippen molar-refractivity contribution in [1.82, 2.24) is 0 Å². The number of rotatable bonds is 4. The zero-order valence-corrected chi connectivity index (χ0v) is 19.2. The molecule has 0 unspecified atom stereocenters. The van der Waals surface area contributed by atoms with Gasteiger partial charge in [-0.05, 0) is 52.9 Å². The first-order valence-corrected chi connectivity index (χ1v) is 11.0. The van der Waals surface area contributed by atoms with E-state index in [1.165, 1.54) is 16.7 Å². The van der Waals surface area contributed by atoms with Crippen LogP contribution in [0.3, 0.4) is 0 Å². The van der Waals surface area contributed by atoms with Gasteiger partial charge in [-0.15, -0.1) is 0 Å². The minimum Gasteiger partial charge on any atom is -0.310 e. The summed E-state index contributed by atoms with van der Waals surface area (Å²) in [5.41, 5.74) is 7.29. The maximum absolute atomic E-state index is 3.65. The highest BCUT2D eigenvalue weighted by molar-refractivity contribution is 9.10. The van der Waals surface area contributed by atoms with Gasteiger partial charge < -0.3 is 4.90 Å². The summed E-state index contributed by atoms with van der Waals surface area (Å²) in [5.74, 6) is 0. The van der Waals surface area contributed by atoms with Crippen molar-refractivity contribution in [1.29, 1.82) is 0 Å². The van der Waals surface area contributed by atoms with Crippen LogP contribution in [0.5, 0.6) is 0 Å². The lowest BCUT2D eigenvalue weighted by Crippen LogP contribution is -2.13. The van der Waals surface area contributed by atoms with Crippen LogP contribution in [0.4, 0.5) is 17.1 Å². The third-order valence-electron chi connectivity index (χ3n) is 5.29. The second-order valence-electron chi connectivity index (χ2n) is 8.50. The van der Waals surface area contributed by atoms with E-state index in [4.69, 9.17) is 0 Å². The number of para-hydroxylation sites is 1. The first-order valence-electron chi connectivity index (χ1n) is 10.2.